The highest BCUT2D eigenvalue weighted by molar-refractivity contribution is 9.10. The fourth-order valence-corrected chi connectivity index (χ4v) is 2.01. The maximum absolute atomic E-state index is 5.93. The van der Waals surface area contributed by atoms with E-state index in [9.17, 15) is 0 Å². The second-order valence-electron chi connectivity index (χ2n) is 4.20. The molecule has 2 N–H and O–H groups in total. The molecule has 0 saturated carbocycles. The predicted octanol–water partition coefficient (Wildman–Crippen LogP) is 2.99. The lowest BCUT2D eigenvalue weighted by Crippen LogP contribution is -2.08. The minimum Gasteiger partial charge on any atom is -0.483 e. The summed E-state index contributed by atoms with van der Waals surface area (Å²) in [5.41, 5.74) is 6.86. The number of ether oxygens (including phenoxy) is 1. The molecule has 0 unspecified atom stereocenters. The fraction of sp³-hybridized carbons (Fsp3) is 0.385. The van der Waals surface area contributed by atoms with Crippen molar-refractivity contribution in [3.8, 4) is 5.75 Å². The number of hydrogen-bond donors (Lipinski definition) is 1. The Kier molecular flexibility index (Phi) is 4.55. The van der Waals surface area contributed by atoms with E-state index in [0.717, 1.165) is 22.2 Å². The molecule has 5 nitrogen and oxygen atoms in total. The third-order valence-electron chi connectivity index (χ3n) is 2.62. The van der Waals surface area contributed by atoms with Gasteiger partial charge in [0, 0.05) is 22.5 Å². The Labute approximate surface area is 120 Å². The predicted molar refractivity (Wildman–Crippen MR) is 74.8 cm³/mol. The number of nitrogens with two attached hydrogens (primary N) is 1. The third-order valence-corrected chi connectivity index (χ3v) is 3.12. The molecule has 0 spiro atoms. The van der Waals surface area contributed by atoms with Crippen molar-refractivity contribution in [1.29, 1.82) is 0 Å². The standard InChI is InChI=1S/C13H16BrN3O2/c1-3-12-16-17-13(19-12)7-18-11-5-4-9(14)6-10(11)8(2)15/h4-6,8H,3,7,15H2,1-2H3/t8-/m1/s1. The van der Waals surface area contributed by atoms with Crippen molar-refractivity contribution in [2.45, 2.75) is 32.9 Å². The lowest BCUT2D eigenvalue weighted by atomic mass is 10.1. The summed E-state index contributed by atoms with van der Waals surface area (Å²) >= 11 is 3.42. The lowest BCUT2D eigenvalue weighted by molar-refractivity contribution is 0.256. The van der Waals surface area contributed by atoms with Crippen molar-refractivity contribution < 1.29 is 9.15 Å². The number of rotatable bonds is 5. The number of benzene rings is 1. The first-order valence-electron chi connectivity index (χ1n) is 6.09. The Morgan fingerprint density at radius 2 is 2.11 bits per heavy atom. The largest absolute Gasteiger partial charge is 0.483 e. The zero-order chi connectivity index (χ0) is 13.8. The monoisotopic (exact) mass is 325 g/mol. The zero-order valence-electron chi connectivity index (χ0n) is 10.9. The number of nitrogens with zero attached hydrogens (tertiary/aromatic N) is 2. The molecule has 1 aromatic heterocycles. The molecule has 2 rings (SSSR count). The Morgan fingerprint density at radius 1 is 1.37 bits per heavy atom. The average molecular weight is 326 g/mol. The summed E-state index contributed by atoms with van der Waals surface area (Å²) in [5, 5.41) is 7.80. The molecular weight excluding hydrogens is 310 g/mol. The van der Waals surface area contributed by atoms with Gasteiger partial charge in [-0.3, -0.25) is 0 Å². The van der Waals surface area contributed by atoms with E-state index in [0.29, 0.717) is 11.8 Å². The van der Waals surface area contributed by atoms with Gasteiger partial charge in [-0.1, -0.05) is 22.9 Å². The summed E-state index contributed by atoms with van der Waals surface area (Å²) in [5.74, 6) is 1.81. The first-order valence-corrected chi connectivity index (χ1v) is 6.88. The molecule has 0 aliphatic rings. The van der Waals surface area contributed by atoms with Crippen LogP contribution >= 0.6 is 15.9 Å². The highest BCUT2D eigenvalue weighted by atomic mass is 79.9. The lowest BCUT2D eigenvalue weighted by Gasteiger charge is -2.13. The molecule has 2 aromatic rings. The van der Waals surface area contributed by atoms with Crippen LogP contribution < -0.4 is 10.5 Å². The summed E-state index contributed by atoms with van der Waals surface area (Å²) in [6.45, 7) is 4.12. The van der Waals surface area contributed by atoms with Crippen LogP contribution in [0.3, 0.4) is 0 Å². The molecule has 102 valence electrons. The molecule has 0 amide bonds. The van der Waals surface area contributed by atoms with Crippen molar-refractivity contribution in [3.63, 3.8) is 0 Å². The van der Waals surface area contributed by atoms with Crippen molar-refractivity contribution in [3.05, 3.63) is 40.0 Å². The molecular formula is C13H16BrN3O2. The molecule has 0 bridgehead atoms. The van der Waals surface area contributed by atoms with Gasteiger partial charge in [-0.2, -0.15) is 0 Å². The van der Waals surface area contributed by atoms with Gasteiger partial charge in [-0.25, -0.2) is 0 Å². The van der Waals surface area contributed by atoms with Gasteiger partial charge in [0.1, 0.15) is 5.75 Å². The molecule has 0 fully saturated rings. The van der Waals surface area contributed by atoms with Crippen molar-refractivity contribution in [1.82, 2.24) is 10.2 Å². The van der Waals surface area contributed by atoms with Crippen LogP contribution in [-0.4, -0.2) is 10.2 Å². The van der Waals surface area contributed by atoms with E-state index in [1.807, 2.05) is 32.0 Å². The van der Waals surface area contributed by atoms with Crippen LogP contribution in [0.25, 0.3) is 0 Å². The molecule has 0 aliphatic carbocycles. The van der Waals surface area contributed by atoms with Crippen molar-refractivity contribution in [2.75, 3.05) is 0 Å². The van der Waals surface area contributed by atoms with Crippen LogP contribution in [0, 0.1) is 0 Å². The van der Waals surface area contributed by atoms with Gasteiger partial charge in [-0.05, 0) is 25.1 Å². The first-order chi connectivity index (χ1) is 9.10. The van der Waals surface area contributed by atoms with Crippen LogP contribution in [0.2, 0.25) is 0 Å². The fourth-order valence-electron chi connectivity index (χ4n) is 1.64. The summed E-state index contributed by atoms with van der Waals surface area (Å²) < 4.78 is 12.1. The Bertz CT molecular complexity index is 555. The van der Waals surface area contributed by atoms with E-state index in [-0.39, 0.29) is 12.6 Å². The van der Waals surface area contributed by atoms with E-state index in [1.165, 1.54) is 0 Å². The van der Waals surface area contributed by atoms with Crippen LogP contribution in [0.5, 0.6) is 5.75 Å². The average Bonchev–Trinajstić information content (AvgIpc) is 2.85. The number of hydrogen-bond acceptors (Lipinski definition) is 5. The SMILES string of the molecule is CCc1nnc(COc2ccc(Br)cc2[C@@H](C)N)o1. The van der Waals surface area contributed by atoms with Gasteiger partial charge in [0.2, 0.25) is 5.89 Å². The first kappa shape index (κ1) is 14.0. The highest BCUT2D eigenvalue weighted by Crippen LogP contribution is 2.28. The second-order valence-corrected chi connectivity index (χ2v) is 5.12. The van der Waals surface area contributed by atoms with Gasteiger partial charge in [-0.15, -0.1) is 10.2 Å². The maximum Gasteiger partial charge on any atom is 0.253 e. The second kappa shape index (κ2) is 6.16. The van der Waals surface area contributed by atoms with Crippen molar-refractivity contribution in [2.24, 2.45) is 5.73 Å². The number of halogens is 1. The van der Waals surface area contributed by atoms with Crippen LogP contribution in [-0.2, 0) is 13.0 Å². The van der Waals surface area contributed by atoms with Crippen LogP contribution in [0.15, 0.2) is 27.1 Å². The normalized spacial score (nSPS) is 12.4. The van der Waals surface area contributed by atoms with Crippen LogP contribution in [0.1, 0.15) is 37.2 Å². The topological polar surface area (TPSA) is 74.2 Å². The summed E-state index contributed by atoms with van der Waals surface area (Å²) in [6, 6.07) is 5.62. The zero-order valence-corrected chi connectivity index (χ0v) is 12.5. The Morgan fingerprint density at radius 3 is 2.74 bits per heavy atom. The van der Waals surface area contributed by atoms with Gasteiger partial charge in [0.25, 0.3) is 5.89 Å². The maximum atomic E-state index is 5.93. The molecule has 19 heavy (non-hydrogen) atoms. The molecule has 6 heteroatoms. The summed E-state index contributed by atoms with van der Waals surface area (Å²) in [7, 11) is 0. The van der Waals surface area contributed by atoms with E-state index >= 15 is 0 Å². The van der Waals surface area contributed by atoms with E-state index in [2.05, 4.69) is 26.1 Å². The Balaban J connectivity index is 2.10. The van der Waals surface area contributed by atoms with Crippen molar-refractivity contribution >= 4 is 15.9 Å². The third kappa shape index (κ3) is 3.54. The number of aromatic nitrogens is 2. The smallest absolute Gasteiger partial charge is 0.253 e. The Hall–Kier alpha value is -1.40. The molecule has 1 atom stereocenters. The summed E-state index contributed by atoms with van der Waals surface area (Å²) in [4.78, 5) is 0. The molecule has 0 radical (unpaired) electrons. The van der Waals surface area contributed by atoms with E-state index < -0.39 is 0 Å². The minimum absolute atomic E-state index is 0.110. The van der Waals surface area contributed by atoms with Gasteiger partial charge >= 0.3 is 0 Å². The number of aryl methyl sites for hydroxylation is 1. The van der Waals surface area contributed by atoms with E-state index in [4.69, 9.17) is 14.9 Å². The quantitative estimate of drug-likeness (QED) is 0.914. The molecule has 0 aliphatic heterocycles. The van der Waals surface area contributed by atoms with Gasteiger partial charge in [0.15, 0.2) is 6.61 Å². The highest BCUT2D eigenvalue weighted by Gasteiger charge is 2.11. The molecule has 1 aromatic carbocycles. The molecule has 1 heterocycles. The van der Waals surface area contributed by atoms with Crippen LogP contribution in [0.4, 0.5) is 0 Å². The summed E-state index contributed by atoms with van der Waals surface area (Å²) in [6.07, 6.45) is 0.719. The molecule has 0 saturated heterocycles. The van der Waals surface area contributed by atoms with E-state index in [1.54, 1.807) is 0 Å². The van der Waals surface area contributed by atoms with Gasteiger partial charge < -0.3 is 14.9 Å². The minimum atomic E-state index is -0.110. The van der Waals surface area contributed by atoms with Gasteiger partial charge in [0.05, 0.1) is 0 Å².